The van der Waals surface area contributed by atoms with Crippen LogP contribution in [0.2, 0.25) is 5.02 Å². The van der Waals surface area contributed by atoms with E-state index >= 15 is 0 Å². The minimum Gasteiger partial charge on any atom is -0.478 e. The number of likely N-dealkylation sites (N-methyl/N-ethyl adjacent to an activating group) is 1. The zero-order chi connectivity index (χ0) is 28.5. The van der Waals surface area contributed by atoms with Crippen LogP contribution < -0.4 is 10.5 Å². The Bertz CT molecular complexity index is 1490. The van der Waals surface area contributed by atoms with E-state index in [1.165, 1.54) is 0 Å². The van der Waals surface area contributed by atoms with Crippen molar-refractivity contribution in [1.82, 2.24) is 19.4 Å². The summed E-state index contributed by atoms with van der Waals surface area (Å²) >= 11 is 6.74. The van der Waals surface area contributed by atoms with Crippen LogP contribution in [0.25, 0.3) is 10.9 Å². The topological polar surface area (TPSA) is 81.9 Å². The number of carboxylic acid groups (broad SMARTS) is 1. The summed E-state index contributed by atoms with van der Waals surface area (Å²) in [5, 5.41) is 10.7. The summed E-state index contributed by atoms with van der Waals surface area (Å²) in [6, 6.07) is 8.80. The van der Waals surface area contributed by atoms with Gasteiger partial charge in [-0.2, -0.15) is 0 Å². The van der Waals surface area contributed by atoms with E-state index in [2.05, 4.69) is 22.8 Å². The van der Waals surface area contributed by atoms with Gasteiger partial charge in [0, 0.05) is 50.5 Å². The highest BCUT2D eigenvalue weighted by Crippen LogP contribution is 2.32. The third-order valence-electron chi connectivity index (χ3n) is 7.35. The first-order valence-electron chi connectivity index (χ1n) is 13.0. The molecule has 1 N–H and O–H groups in total. The van der Waals surface area contributed by atoms with E-state index in [0.717, 1.165) is 37.4 Å². The molecule has 0 spiro atoms. The maximum atomic E-state index is 13.4. The number of anilines is 1. The average Bonchev–Trinajstić information content (AvgIpc) is 2.88. The first-order valence-corrected chi connectivity index (χ1v) is 13.4. The van der Waals surface area contributed by atoms with Gasteiger partial charge < -0.3 is 14.9 Å². The number of benzene rings is 2. The smallest absolute Gasteiger partial charge is 0.335 e. The van der Waals surface area contributed by atoms with Crippen LogP contribution in [0.4, 0.5) is 5.69 Å². The van der Waals surface area contributed by atoms with Gasteiger partial charge in [0.2, 0.25) is 0 Å². The van der Waals surface area contributed by atoms with Gasteiger partial charge in [-0.25, -0.2) is 9.78 Å². The van der Waals surface area contributed by atoms with Crippen molar-refractivity contribution < 1.29 is 9.90 Å². The Balaban J connectivity index is 1.69. The van der Waals surface area contributed by atoms with Crippen LogP contribution in [0.5, 0.6) is 0 Å². The van der Waals surface area contributed by atoms with Crippen molar-refractivity contribution in [2.75, 3.05) is 44.7 Å². The van der Waals surface area contributed by atoms with Gasteiger partial charge in [-0.1, -0.05) is 38.3 Å². The highest BCUT2D eigenvalue weighted by molar-refractivity contribution is 6.32. The Morgan fingerprint density at radius 1 is 1.15 bits per heavy atom. The minimum absolute atomic E-state index is 0.119. The molecule has 1 aromatic heterocycles. The molecule has 4 rings (SSSR count). The number of carboxylic acids is 1. The number of carbonyl (C=O) groups is 1. The molecule has 0 unspecified atom stereocenters. The monoisotopic (exact) mass is 549 g/mol. The number of rotatable bonds is 7. The number of aromatic nitrogens is 2. The molecule has 0 aliphatic carbocycles. The van der Waals surface area contributed by atoms with Crippen molar-refractivity contribution in [3.05, 3.63) is 68.2 Å². The van der Waals surface area contributed by atoms with Gasteiger partial charge in [0.25, 0.3) is 5.56 Å². The first kappa shape index (κ1) is 28.6. The second-order valence-electron chi connectivity index (χ2n) is 11.3. The second-order valence-corrected chi connectivity index (χ2v) is 11.7. The summed E-state index contributed by atoms with van der Waals surface area (Å²) < 4.78 is 1.62. The molecular formula is C30H36ClN5O3. The lowest BCUT2D eigenvalue weighted by Crippen LogP contribution is -2.44. The molecule has 0 amide bonds. The predicted molar refractivity (Wildman–Crippen MR) is 157 cm³/mol. The highest BCUT2D eigenvalue weighted by Gasteiger charge is 2.24. The van der Waals surface area contributed by atoms with Crippen molar-refractivity contribution in [2.24, 2.45) is 7.05 Å². The van der Waals surface area contributed by atoms with Crippen LogP contribution in [-0.4, -0.2) is 70.2 Å². The predicted octanol–water partition coefficient (Wildman–Crippen LogP) is 3.97. The van der Waals surface area contributed by atoms with Gasteiger partial charge in [-0.3, -0.25) is 14.3 Å². The van der Waals surface area contributed by atoms with Gasteiger partial charge in [-0.15, -0.1) is 6.42 Å². The molecule has 39 heavy (non-hydrogen) atoms. The van der Waals surface area contributed by atoms with Gasteiger partial charge >= 0.3 is 5.97 Å². The molecule has 2 heterocycles. The normalized spacial score (nSPS) is 14.9. The van der Waals surface area contributed by atoms with Crippen molar-refractivity contribution in [3.8, 4) is 12.3 Å². The number of halogens is 1. The van der Waals surface area contributed by atoms with Gasteiger partial charge in [0.05, 0.1) is 29.6 Å². The second kappa shape index (κ2) is 11.4. The number of fused-ring (bicyclic) bond motifs is 1. The molecule has 2 aromatic carbocycles. The number of aromatic carboxylic acids is 1. The Morgan fingerprint density at radius 3 is 2.46 bits per heavy atom. The fourth-order valence-corrected chi connectivity index (χ4v) is 5.16. The lowest BCUT2D eigenvalue weighted by atomic mass is 9.83. The van der Waals surface area contributed by atoms with E-state index in [0.29, 0.717) is 40.4 Å². The number of piperazine rings is 1. The highest BCUT2D eigenvalue weighted by atomic mass is 35.5. The van der Waals surface area contributed by atoms with E-state index in [1.807, 2.05) is 31.7 Å². The maximum absolute atomic E-state index is 13.4. The third kappa shape index (κ3) is 6.27. The molecule has 1 aliphatic rings. The van der Waals surface area contributed by atoms with Gasteiger partial charge in [0.1, 0.15) is 5.82 Å². The first-order chi connectivity index (χ1) is 18.4. The molecule has 8 nitrogen and oxygen atoms in total. The van der Waals surface area contributed by atoms with Crippen molar-refractivity contribution in [2.45, 2.75) is 39.3 Å². The molecule has 1 fully saturated rings. The summed E-state index contributed by atoms with van der Waals surface area (Å²) in [5.41, 5.74) is 2.57. The van der Waals surface area contributed by atoms with Crippen LogP contribution in [-0.2, 0) is 25.6 Å². The molecule has 0 atom stereocenters. The third-order valence-corrected chi connectivity index (χ3v) is 7.70. The molecule has 206 valence electrons. The molecule has 0 radical (unpaired) electrons. The van der Waals surface area contributed by atoms with Gasteiger partial charge in [0.15, 0.2) is 0 Å². The Hall–Kier alpha value is -3.38. The van der Waals surface area contributed by atoms with E-state index in [9.17, 15) is 14.7 Å². The molecule has 1 aliphatic heterocycles. The molecule has 9 heteroatoms. The summed E-state index contributed by atoms with van der Waals surface area (Å²) in [5.74, 6) is 2.43. The lowest BCUT2D eigenvalue weighted by molar-refractivity contribution is 0.0694. The molecule has 3 aromatic rings. The maximum Gasteiger partial charge on any atom is 0.335 e. The Kier molecular flexibility index (Phi) is 8.36. The summed E-state index contributed by atoms with van der Waals surface area (Å²) in [4.78, 5) is 36.6. The minimum atomic E-state index is -0.970. The largest absolute Gasteiger partial charge is 0.478 e. The summed E-state index contributed by atoms with van der Waals surface area (Å²) in [6.07, 6.45) is 5.71. The Labute approximate surface area is 234 Å². The van der Waals surface area contributed by atoms with Crippen LogP contribution in [0.1, 0.15) is 48.1 Å². The summed E-state index contributed by atoms with van der Waals surface area (Å²) in [7, 11) is 3.87. The average molecular weight is 550 g/mol. The number of hydrogen-bond donors (Lipinski definition) is 1. The number of terminal acetylenes is 1. The zero-order valence-corrected chi connectivity index (χ0v) is 24.0. The fourth-order valence-electron chi connectivity index (χ4n) is 4.94. The lowest BCUT2D eigenvalue weighted by Gasteiger charge is -2.32. The van der Waals surface area contributed by atoms with E-state index in [4.69, 9.17) is 23.0 Å². The molecular weight excluding hydrogens is 514 g/mol. The van der Waals surface area contributed by atoms with Crippen molar-refractivity contribution >= 4 is 34.2 Å². The van der Waals surface area contributed by atoms with Crippen molar-refractivity contribution in [3.63, 3.8) is 0 Å². The summed E-state index contributed by atoms with van der Waals surface area (Å²) in [6.45, 7) is 11.0. The standard InChI is InChI=1S/C30H36ClN5O3/c1-7-10-36(21-8-9-22(29(38)39)24(16-21)30(2,3)4)18-20-15-23-26(17-25(20)31)32-27(34(6)28(23)37)19-35-13-11-33(5)12-14-35/h1,8-9,15-17H,10-14,18-19H2,2-6H3,(H,38,39). The van der Waals surface area contributed by atoms with Crippen molar-refractivity contribution in [1.29, 1.82) is 0 Å². The van der Waals surface area contributed by atoms with Gasteiger partial charge in [-0.05, 0) is 53.9 Å². The van der Waals surface area contributed by atoms with E-state index < -0.39 is 5.97 Å². The van der Waals surface area contributed by atoms with E-state index in [-0.39, 0.29) is 23.1 Å². The Morgan fingerprint density at radius 2 is 1.85 bits per heavy atom. The number of hydrogen-bond acceptors (Lipinski definition) is 6. The fraction of sp³-hybridized carbons (Fsp3) is 0.433. The zero-order valence-electron chi connectivity index (χ0n) is 23.3. The molecule has 0 bridgehead atoms. The van der Waals surface area contributed by atoms with Crippen LogP contribution in [0.3, 0.4) is 0 Å². The van der Waals surface area contributed by atoms with Crippen LogP contribution in [0.15, 0.2) is 35.1 Å². The quantitative estimate of drug-likeness (QED) is 0.447. The molecule has 0 saturated carbocycles. The molecule has 1 saturated heterocycles. The number of nitrogens with zero attached hydrogens (tertiary/aromatic N) is 5. The van der Waals surface area contributed by atoms with E-state index in [1.54, 1.807) is 35.9 Å². The van der Waals surface area contributed by atoms with Crippen LogP contribution in [0, 0.1) is 12.3 Å². The van der Waals surface area contributed by atoms with Crippen LogP contribution >= 0.6 is 11.6 Å². The SMILES string of the molecule is C#CCN(Cc1cc2c(=O)n(C)c(CN3CCN(C)CC3)nc2cc1Cl)c1ccc(C(=O)O)c(C(C)(C)C)c1.